The van der Waals surface area contributed by atoms with Crippen molar-refractivity contribution in [1.82, 2.24) is 0 Å². The number of nitriles is 1. The summed E-state index contributed by atoms with van der Waals surface area (Å²) in [6.07, 6.45) is 0. The van der Waals surface area contributed by atoms with Gasteiger partial charge < -0.3 is 10.5 Å². The molecule has 0 unspecified atom stereocenters. The molecule has 3 nitrogen and oxygen atoms in total. The van der Waals surface area contributed by atoms with Gasteiger partial charge in [-0.25, -0.2) is 0 Å². The van der Waals surface area contributed by atoms with Gasteiger partial charge in [-0.15, -0.1) is 0 Å². The first-order valence-corrected chi connectivity index (χ1v) is 3.60. The van der Waals surface area contributed by atoms with Crippen molar-refractivity contribution in [2.24, 2.45) is 0 Å². The van der Waals surface area contributed by atoms with E-state index in [1.54, 1.807) is 6.07 Å². The zero-order valence-electron chi connectivity index (χ0n) is 6.87. The number of para-hydroxylation sites is 1. The number of hydrogen-bond donors (Lipinski definition) is 1. The first-order valence-electron chi connectivity index (χ1n) is 3.60. The zero-order chi connectivity index (χ0) is 8.97. The summed E-state index contributed by atoms with van der Waals surface area (Å²) in [7, 11) is 0. The minimum absolute atomic E-state index is 0.0354. The predicted molar refractivity (Wildman–Crippen MR) is 46.7 cm³/mol. The number of nitrogens with two attached hydrogens (primary N) is 1. The lowest BCUT2D eigenvalue weighted by Gasteiger charge is -2.06. The lowest BCUT2D eigenvalue weighted by molar-refractivity contribution is 0.370. The molecule has 0 spiro atoms. The lowest BCUT2D eigenvalue weighted by atomic mass is 10.2. The van der Waals surface area contributed by atoms with E-state index in [-0.39, 0.29) is 6.61 Å². The molecule has 62 valence electrons. The molecule has 0 bridgehead atoms. The summed E-state index contributed by atoms with van der Waals surface area (Å²) in [5.41, 5.74) is 7.26. The highest BCUT2D eigenvalue weighted by atomic mass is 16.5. The molecule has 0 aliphatic heterocycles. The van der Waals surface area contributed by atoms with Crippen LogP contribution < -0.4 is 10.5 Å². The van der Waals surface area contributed by atoms with Gasteiger partial charge in [-0.05, 0) is 18.6 Å². The molecule has 1 aromatic rings. The van der Waals surface area contributed by atoms with Crippen molar-refractivity contribution in [3.8, 4) is 11.8 Å². The molecule has 0 aliphatic carbocycles. The normalized spacial score (nSPS) is 9.00. The number of nitrogens with zero attached hydrogens (tertiary/aromatic N) is 1. The third-order valence-corrected chi connectivity index (χ3v) is 1.58. The van der Waals surface area contributed by atoms with Gasteiger partial charge in [-0.2, -0.15) is 5.26 Å². The molecule has 0 atom stereocenters. The number of benzene rings is 1. The molecule has 2 N–H and O–H groups in total. The summed E-state index contributed by atoms with van der Waals surface area (Å²) in [5, 5.41) is 8.27. The SMILES string of the molecule is Cc1cccc(OCC#N)c1N. The first kappa shape index (κ1) is 8.41. The molecule has 0 aliphatic rings. The Morgan fingerprint density at radius 1 is 1.58 bits per heavy atom. The van der Waals surface area contributed by atoms with Crippen LogP contribution in [0, 0.1) is 18.3 Å². The Bertz CT molecular complexity index is 315. The second-order valence-corrected chi connectivity index (χ2v) is 2.43. The number of aryl methyl sites for hydroxylation is 1. The molecule has 1 rings (SSSR count). The summed E-state index contributed by atoms with van der Waals surface area (Å²) < 4.78 is 5.08. The van der Waals surface area contributed by atoms with E-state index in [9.17, 15) is 0 Å². The van der Waals surface area contributed by atoms with Crippen LogP contribution in [0.15, 0.2) is 18.2 Å². The first-order chi connectivity index (χ1) is 5.75. The maximum atomic E-state index is 8.27. The fraction of sp³-hybridized carbons (Fsp3) is 0.222. The van der Waals surface area contributed by atoms with Crippen LogP contribution in [0.2, 0.25) is 0 Å². The topological polar surface area (TPSA) is 59.0 Å². The van der Waals surface area contributed by atoms with Gasteiger partial charge in [-0.1, -0.05) is 12.1 Å². The van der Waals surface area contributed by atoms with Gasteiger partial charge in [0.15, 0.2) is 6.61 Å². The van der Waals surface area contributed by atoms with Gasteiger partial charge in [0.1, 0.15) is 11.8 Å². The predicted octanol–water partition coefficient (Wildman–Crippen LogP) is 1.48. The standard InChI is InChI=1S/C9H10N2O/c1-7-3-2-4-8(9(7)11)12-6-5-10/h2-4H,6,11H2,1H3. The number of anilines is 1. The third kappa shape index (κ3) is 1.67. The summed E-state index contributed by atoms with van der Waals surface area (Å²) in [4.78, 5) is 0. The molecule has 0 radical (unpaired) electrons. The van der Waals surface area contributed by atoms with Crippen LogP contribution in [-0.4, -0.2) is 6.61 Å². The van der Waals surface area contributed by atoms with Crippen LogP contribution in [0.25, 0.3) is 0 Å². The van der Waals surface area contributed by atoms with Crippen LogP contribution >= 0.6 is 0 Å². The minimum atomic E-state index is 0.0354. The highest BCUT2D eigenvalue weighted by molar-refractivity contribution is 5.57. The molecule has 0 fully saturated rings. The van der Waals surface area contributed by atoms with E-state index in [2.05, 4.69) is 0 Å². The molecule has 12 heavy (non-hydrogen) atoms. The summed E-state index contributed by atoms with van der Waals surface area (Å²) >= 11 is 0. The number of ether oxygens (including phenoxy) is 1. The van der Waals surface area contributed by atoms with Crippen molar-refractivity contribution < 1.29 is 4.74 Å². The van der Waals surface area contributed by atoms with Crippen molar-refractivity contribution >= 4 is 5.69 Å². The second kappa shape index (κ2) is 3.63. The van der Waals surface area contributed by atoms with E-state index in [1.165, 1.54) is 0 Å². The molecule has 0 saturated carbocycles. The smallest absolute Gasteiger partial charge is 0.174 e. The average Bonchev–Trinajstić information content (AvgIpc) is 2.08. The van der Waals surface area contributed by atoms with Gasteiger partial charge >= 0.3 is 0 Å². The van der Waals surface area contributed by atoms with Crippen LogP contribution in [0.5, 0.6) is 5.75 Å². The van der Waals surface area contributed by atoms with Gasteiger partial charge in [-0.3, -0.25) is 0 Å². The highest BCUT2D eigenvalue weighted by Gasteiger charge is 2.00. The summed E-state index contributed by atoms with van der Waals surface area (Å²) in [5.74, 6) is 0.580. The Labute approximate surface area is 71.4 Å². The fourth-order valence-corrected chi connectivity index (χ4v) is 0.890. The Balaban J connectivity index is 2.86. The molecule has 3 heteroatoms. The Morgan fingerprint density at radius 3 is 3.00 bits per heavy atom. The van der Waals surface area contributed by atoms with Crippen molar-refractivity contribution in [1.29, 1.82) is 5.26 Å². The van der Waals surface area contributed by atoms with Gasteiger partial charge in [0.05, 0.1) is 5.69 Å². The number of hydrogen-bond acceptors (Lipinski definition) is 3. The van der Waals surface area contributed by atoms with Crippen LogP contribution in [-0.2, 0) is 0 Å². The monoisotopic (exact) mass is 162 g/mol. The second-order valence-electron chi connectivity index (χ2n) is 2.43. The van der Waals surface area contributed by atoms with E-state index in [4.69, 9.17) is 15.7 Å². The van der Waals surface area contributed by atoms with E-state index in [0.717, 1.165) is 5.56 Å². The molecule has 0 aromatic heterocycles. The van der Waals surface area contributed by atoms with Crippen LogP contribution in [0.4, 0.5) is 5.69 Å². The fourth-order valence-electron chi connectivity index (χ4n) is 0.890. The highest BCUT2D eigenvalue weighted by Crippen LogP contribution is 2.23. The number of nitrogen functional groups attached to an aromatic ring is 1. The largest absolute Gasteiger partial charge is 0.477 e. The van der Waals surface area contributed by atoms with Crippen LogP contribution in [0.3, 0.4) is 0 Å². The Morgan fingerprint density at radius 2 is 2.33 bits per heavy atom. The average molecular weight is 162 g/mol. The number of rotatable bonds is 2. The van der Waals surface area contributed by atoms with Crippen molar-refractivity contribution in [2.75, 3.05) is 12.3 Å². The van der Waals surface area contributed by atoms with Crippen LogP contribution in [0.1, 0.15) is 5.56 Å². The van der Waals surface area contributed by atoms with Gasteiger partial charge in [0, 0.05) is 0 Å². The third-order valence-electron chi connectivity index (χ3n) is 1.58. The molecule has 0 amide bonds. The van der Waals surface area contributed by atoms with E-state index >= 15 is 0 Å². The lowest BCUT2D eigenvalue weighted by Crippen LogP contribution is -1.99. The quantitative estimate of drug-likeness (QED) is 0.670. The molecule has 0 heterocycles. The van der Waals surface area contributed by atoms with Gasteiger partial charge in [0.25, 0.3) is 0 Å². The van der Waals surface area contributed by atoms with E-state index < -0.39 is 0 Å². The molecular formula is C9H10N2O. The summed E-state index contributed by atoms with van der Waals surface area (Å²) in [6, 6.07) is 7.38. The van der Waals surface area contributed by atoms with Crippen molar-refractivity contribution in [3.63, 3.8) is 0 Å². The molecular weight excluding hydrogens is 152 g/mol. The maximum absolute atomic E-state index is 8.27. The molecule has 0 saturated heterocycles. The minimum Gasteiger partial charge on any atom is -0.477 e. The van der Waals surface area contributed by atoms with Gasteiger partial charge in [0.2, 0.25) is 0 Å². The Kier molecular flexibility index (Phi) is 2.54. The van der Waals surface area contributed by atoms with Crippen molar-refractivity contribution in [3.05, 3.63) is 23.8 Å². The zero-order valence-corrected chi connectivity index (χ0v) is 6.87. The van der Waals surface area contributed by atoms with Crippen molar-refractivity contribution in [2.45, 2.75) is 6.92 Å². The van der Waals surface area contributed by atoms with E-state index in [0.29, 0.717) is 11.4 Å². The summed E-state index contributed by atoms with van der Waals surface area (Å²) in [6.45, 7) is 1.93. The molecule has 1 aromatic carbocycles. The maximum Gasteiger partial charge on any atom is 0.174 e. The Hall–Kier alpha value is -1.69. The van der Waals surface area contributed by atoms with E-state index in [1.807, 2.05) is 25.1 Å².